The third-order valence-corrected chi connectivity index (χ3v) is 2.94. The second-order valence-corrected chi connectivity index (χ2v) is 4.53. The average molecular weight is 244 g/mol. The van der Waals surface area contributed by atoms with E-state index in [1.807, 2.05) is 4.90 Å². The van der Waals surface area contributed by atoms with Gasteiger partial charge in [0.2, 0.25) is 0 Å². The van der Waals surface area contributed by atoms with Gasteiger partial charge in [0.05, 0.1) is 0 Å². The molecule has 0 unspecified atom stereocenters. The second-order valence-electron chi connectivity index (χ2n) is 3.66. The Bertz CT molecular complexity index is 366. The first-order valence-corrected chi connectivity index (χ1v) is 5.68. The monoisotopic (exact) mass is 243 g/mol. The van der Waals surface area contributed by atoms with E-state index in [0.717, 1.165) is 25.9 Å². The standard InChI is InChI=1S/C11H11Cl2NO/c12-9-5-8(6-10(13)7-9)11(15)14-3-1-2-4-14/h5-7H,1-4H2. The number of benzene rings is 1. The first-order chi connectivity index (χ1) is 7.16. The molecule has 0 spiro atoms. The molecule has 0 aliphatic carbocycles. The van der Waals surface area contributed by atoms with Crippen molar-refractivity contribution in [2.75, 3.05) is 13.1 Å². The van der Waals surface area contributed by atoms with Gasteiger partial charge in [-0.3, -0.25) is 4.79 Å². The summed E-state index contributed by atoms with van der Waals surface area (Å²) in [6, 6.07) is 4.95. The molecule has 4 heteroatoms. The molecule has 2 nitrogen and oxygen atoms in total. The van der Waals surface area contributed by atoms with Crippen LogP contribution >= 0.6 is 23.2 Å². The van der Waals surface area contributed by atoms with E-state index in [4.69, 9.17) is 23.2 Å². The van der Waals surface area contributed by atoms with Crippen LogP contribution in [0.5, 0.6) is 0 Å². The first kappa shape index (κ1) is 10.8. The molecule has 0 radical (unpaired) electrons. The van der Waals surface area contributed by atoms with Crippen LogP contribution in [0, 0.1) is 0 Å². The van der Waals surface area contributed by atoms with Gasteiger partial charge in [0, 0.05) is 28.7 Å². The summed E-state index contributed by atoms with van der Waals surface area (Å²) in [6.45, 7) is 1.67. The molecule has 0 bridgehead atoms. The zero-order valence-electron chi connectivity index (χ0n) is 8.17. The Labute approximate surface area is 98.8 Å². The van der Waals surface area contributed by atoms with Gasteiger partial charge in [-0.15, -0.1) is 0 Å². The van der Waals surface area contributed by atoms with Crippen molar-refractivity contribution in [3.8, 4) is 0 Å². The minimum Gasteiger partial charge on any atom is -0.339 e. The van der Waals surface area contributed by atoms with Crippen LogP contribution in [0.15, 0.2) is 18.2 Å². The topological polar surface area (TPSA) is 20.3 Å². The van der Waals surface area contributed by atoms with Crippen LogP contribution in [0.25, 0.3) is 0 Å². The van der Waals surface area contributed by atoms with Crippen LogP contribution in [0.2, 0.25) is 10.0 Å². The van der Waals surface area contributed by atoms with Gasteiger partial charge in [-0.1, -0.05) is 23.2 Å². The normalized spacial score (nSPS) is 15.7. The van der Waals surface area contributed by atoms with Gasteiger partial charge in [0.1, 0.15) is 0 Å². The van der Waals surface area contributed by atoms with E-state index in [2.05, 4.69) is 0 Å². The summed E-state index contributed by atoms with van der Waals surface area (Å²) in [6.07, 6.45) is 2.17. The minimum atomic E-state index is 0.0249. The summed E-state index contributed by atoms with van der Waals surface area (Å²) in [5, 5.41) is 1.01. The molecule has 1 saturated heterocycles. The van der Waals surface area contributed by atoms with Crippen LogP contribution in [0.1, 0.15) is 23.2 Å². The van der Waals surface area contributed by atoms with Gasteiger partial charge in [-0.05, 0) is 31.0 Å². The van der Waals surface area contributed by atoms with E-state index in [-0.39, 0.29) is 5.91 Å². The Kier molecular flexibility index (Phi) is 3.17. The number of carbonyl (C=O) groups is 1. The quantitative estimate of drug-likeness (QED) is 0.742. The van der Waals surface area contributed by atoms with Gasteiger partial charge in [0.25, 0.3) is 5.91 Å². The maximum Gasteiger partial charge on any atom is 0.253 e. The molecule has 0 N–H and O–H groups in total. The largest absolute Gasteiger partial charge is 0.339 e. The van der Waals surface area contributed by atoms with Crippen molar-refractivity contribution in [1.82, 2.24) is 4.90 Å². The number of carbonyl (C=O) groups excluding carboxylic acids is 1. The molecule has 0 saturated carbocycles. The highest BCUT2D eigenvalue weighted by Crippen LogP contribution is 2.21. The predicted molar refractivity (Wildman–Crippen MR) is 61.6 cm³/mol. The maximum absolute atomic E-state index is 12.0. The lowest BCUT2D eigenvalue weighted by atomic mass is 10.2. The van der Waals surface area contributed by atoms with E-state index in [0.29, 0.717) is 15.6 Å². The van der Waals surface area contributed by atoms with Crippen LogP contribution in [-0.2, 0) is 0 Å². The Morgan fingerprint density at radius 1 is 1.07 bits per heavy atom. The van der Waals surface area contributed by atoms with Gasteiger partial charge < -0.3 is 4.90 Å². The number of likely N-dealkylation sites (tertiary alicyclic amines) is 1. The highest BCUT2D eigenvalue weighted by Gasteiger charge is 2.19. The highest BCUT2D eigenvalue weighted by atomic mass is 35.5. The van der Waals surface area contributed by atoms with Crippen LogP contribution < -0.4 is 0 Å². The van der Waals surface area contributed by atoms with Gasteiger partial charge in [0.15, 0.2) is 0 Å². The fourth-order valence-electron chi connectivity index (χ4n) is 1.78. The Morgan fingerprint density at radius 3 is 2.13 bits per heavy atom. The number of amides is 1. The van der Waals surface area contributed by atoms with Crippen molar-refractivity contribution >= 4 is 29.1 Å². The summed E-state index contributed by atoms with van der Waals surface area (Å²) >= 11 is 11.7. The van der Waals surface area contributed by atoms with E-state index in [1.54, 1.807) is 18.2 Å². The van der Waals surface area contributed by atoms with Crippen molar-refractivity contribution in [3.05, 3.63) is 33.8 Å². The lowest BCUT2D eigenvalue weighted by Gasteiger charge is -2.15. The molecule has 0 atom stereocenters. The molecule has 80 valence electrons. The second kappa shape index (κ2) is 4.42. The SMILES string of the molecule is O=C(c1cc(Cl)cc(Cl)c1)N1CCCC1. The van der Waals surface area contributed by atoms with Gasteiger partial charge in [-0.25, -0.2) is 0 Å². The van der Waals surface area contributed by atoms with Crippen molar-refractivity contribution in [2.24, 2.45) is 0 Å². The van der Waals surface area contributed by atoms with E-state index in [9.17, 15) is 4.79 Å². The average Bonchev–Trinajstić information content (AvgIpc) is 2.67. The molecule has 1 aromatic rings. The van der Waals surface area contributed by atoms with Crippen molar-refractivity contribution in [2.45, 2.75) is 12.8 Å². The van der Waals surface area contributed by atoms with Crippen LogP contribution in [0.3, 0.4) is 0 Å². The molecule has 1 aliphatic heterocycles. The van der Waals surface area contributed by atoms with Crippen molar-refractivity contribution in [3.63, 3.8) is 0 Å². The summed E-state index contributed by atoms with van der Waals surface area (Å²) in [7, 11) is 0. The molecule has 0 aromatic heterocycles. The first-order valence-electron chi connectivity index (χ1n) is 4.92. The van der Waals surface area contributed by atoms with Crippen molar-refractivity contribution < 1.29 is 4.79 Å². The zero-order valence-corrected chi connectivity index (χ0v) is 9.68. The predicted octanol–water partition coefficient (Wildman–Crippen LogP) is 3.23. The van der Waals surface area contributed by atoms with Gasteiger partial charge >= 0.3 is 0 Å². The van der Waals surface area contributed by atoms with Crippen LogP contribution in [-0.4, -0.2) is 23.9 Å². The zero-order chi connectivity index (χ0) is 10.8. The Hall–Kier alpha value is -0.730. The fourth-order valence-corrected chi connectivity index (χ4v) is 2.31. The smallest absolute Gasteiger partial charge is 0.253 e. The summed E-state index contributed by atoms with van der Waals surface area (Å²) in [4.78, 5) is 13.8. The third-order valence-electron chi connectivity index (χ3n) is 2.50. The fraction of sp³-hybridized carbons (Fsp3) is 0.364. The number of rotatable bonds is 1. The summed E-state index contributed by atoms with van der Waals surface area (Å²) < 4.78 is 0. The molecular weight excluding hydrogens is 233 g/mol. The Balaban J connectivity index is 2.24. The van der Waals surface area contributed by atoms with Gasteiger partial charge in [-0.2, -0.15) is 0 Å². The molecule has 1 aliphatic rings. The highest BCUT2D eigenvalue weighted by molar-refractivity contribution is 6.35. The van der Waals surface area contributed by atoms with E-state index in [1.165, 1.54) is 0 Å². The molecule has 2 rings (SSSR count). The molecule has 15 heavy (non-hydrogen) atoms. The Morgan fingerprint density at radius 2 is 1.60 bits per heavy atom. The van der Waals surface area contributed by atoms with E-state index < -0.39 is 0 Å². The lowest BCUT2D eigenvalue weighted by molar-refractivity contribution is 0.0793. The number of nitrogens with zero attached hydrogens (tertiary/aromatic N) is 1. The third kappa shape index (κ3) is 2.44. The molecule has 1 heterocycles. The number of halogens is 2. The minimum absolute atomic E-state index is 0.0249. The molecule has 1 aromatic carbocycles. The number of hydrogen-bond donors (Lipinski definition) is 0. The number of hydrogen-bond acceptors (Lipinski definition) is 1. The maximum atomic E-state index is 12.0. The van der Waals surface area contributed by atoms with Crippen molar-refractivity contribution in [1.29, 1.82) is 0 Å². The van der Waals surface area contributed by atoms with E-state index >= 15 is 0 Å². The summed E-state index contributed by atoms with van der Waals surface area (Å²) in [5.41, 5.74) is 0.578. The lowest BCUT2D eigenvalue weighted by Crippen LogP contribution is -2.27. The van der Waals surface area contributed by atoms with Crippen LogP contribution in [0.4, 0.5) is 0 Å². The molecule has 1 fully saturated rings. The molecule has 1 amide bonds. The summed E-state index contributed by atoms with van der Waals surface area (Å²) in [5.74, 6) is 0.0249. The molecular formula is C11H11Cl2NO.